The first kappa shape index (κ1) is 11.3. The number of nitrogen functional groups attached to an aromatic ring is 1. The van der Waals surface area contributed by atoms with Gasteiger partial charge in [-0.15, -0.1) is 0 Å². The minimum atomic E-state index is -0.253. The van der Waals surface area contributed by atoms with E-state index in [0.29, 0.717) is 12.2 Å². The molecule has 0 saturated carbocycles. The Kier molecular flexibility index (Phi) is 2.91. The van der Waals surface area contributed by atoms with E-state index in [2.05, 4.69) is 10.1 Å². The fourth-order valence-electron chi connectivity index (χ4n) is 1.61. The summed E-state index contributed by atoms with van der Waals surface area (Å²) >= 11 is 0. The highest BCUT2D eigenvalue weighted by atomic mass is 16.1. The molecule has 0 unspecified atom stereocenters. The van der Waals surface area contributed by atoms with E-state index in [1.54, 1.807) is 18.5 Å². The molecule has 0 aliphatic rings. The fourth-order valence-corrected chi connectivity index (χ4v) is 1.61. The average Bonchev–Trinajstić information content (AvgIpc) is 2.32. The average molecular weight is 230 g/mol. The summed E-state index contributed by atoms with van der Waals surface area (Å²) in [5.41, 5.74) is 8.20. The van der Waals surface area contributed by atoms with Crippen LogP contribution in [0.15, 0.2) is 29.3 Å². The van der Waals surface area contributed by atoms with Crippen LogP contribution in [0.1, 0.15) is 12.5 Å². The van der Waals surface area contributed by atoms with E-state index in [1.165, 1.54) is 4.68 Å². The van der Waals surface area contributed by atoms with Crippen LogP contribution in [0.25, 0.3) is 11.3 Å². The van der Waals surface area contributed by atoms with Gasteiger partial charge in [-0.2, -0.15) is 5.10 Å². The van der Waals surface area contributed by atoms with Crippen LogP contribution in [-0.2, 0) is 6.54 Å². The molecular weight excluding hydrogens is 216 g/mol. The summed E-state index contributed by atoms with van der Waals surface area (Å²) in [7, 11) is 0. The molecule has 0 atom stereocenters. The second-order valence-electron chi connectivity index (χ2n) is 3.86. The van der Waals surface area contributed by atoms with Crippen LogP contribution in [0, 0.1) is 6.92 Å². The smallest absolute Gasteiger partial charge is 0.289 e. The molecule has 0 spiro atoms. The van der Waals surface area contributed by atoms with E-state index in [4.69, 9.17) is 5.73 Å². The van der Waals surface area contributed by atoms with E-state index < -0.39 is 0 Å². The first-order valence-electron chi connectivity index (χ1n) is 5.41. The Hall–Kier alpha value is -2.17. The van der Waals surface area contributed by atoms with Crippen LogP contribution in [-0.4, -0.2) is 14.8 Å². The van der Waals surface area contributed by atoms with Crippen LogP contribution in [0.2, 0.25) is 0 Å². The normalized spacial score (nSPS) is 10.5. The fraction of sp³-hybridized carbons (Fsp3) is 0.250. The molecule has 2 aromatic heterocycles. The minimum Gasteiger partial charge on any atom is -0.394 e. The van der Waals surface area contributed by atoms with Crippen molar-refractivity contribution in [2.24, 2.45) is 0 Å². The summed E-state index contributed by atoms with van der Waals surface area (Å²) in [4.78, 5) is 15.7. The van der Waals surface area contributed by atoms with E-state index in [0.717, 1.165) is 11.1 Å². The maximum atomic E-state index is 11.6. The van der Waals surface area contributed by atoms with Crippen molar-refractivity contribution in [2.45, 2.75) is 20.4 Å². The molecule has 2 rings (SSSR count). The molecule has 2 N–H and O–H groups in total. The van der Waals surface area contributed by atoms with Gasteiger partial charge in [0.15, 0.2) is 0 Å². The van der Waals surface area contributed by atoms with Gasteiger partial charge in [0.25, 0.3) is 5.56 Å². The van der Waals surface area contributed by atoms with Crippen molar-refractivity contribution < 1.29 is 0 Å². The number of hydrogen-bond donors (Lipinski definition) is 1. The highest BCUT2D eigenvalue weighted by molar-refractivity contribution is 5.61. The molecule has 0 amide bonds. The zero-order valence-corrected chi connectivity index (χ0v) is 9.84. The van der Waals surface area contributed by atoms with Crippen molar-refractivity contribution in [2.75, 3.05) is 5.73 Å². The lowest BCUT2D eigenvalue weighted by atomic mass is 10.1. The van der Waals surface area contributed by atoms with Crippen molar-refractivity contribution in [1.82, 2.24) is 14.8 Å². The predicted octanol–water partition coefficient (Wildman–Crippen LogP) is 1.22. The molecule has 2 heterocycles. The lowest BCUT2D eigenvalue weighted by Crippen LogP contribution is -2.25. The Bertz CT molecular complexity index is 604. The number of rotatable bonds is 2. The Morgan fingerprint density at radius 3 is 2.76 bits per heavy atom. The molecule has 2 aromatic rings. The molecule has 0 aliphatic heterocycles. The van der Waals surface area contributed by atoms with E-state index in [1.807, 2.05) is 19.9 Å². The number of nitrogens with two attached hydrogens (primary N) is 1. The summed E-state index contributed by atoms with van der Waals surface area (Å²) in [6.07, 6.45) is 3.47. The van der Waals surface area contributed by atoms with Crippen molar-refractivity contribution in [3.8, 4) is 11.3 Å². The van der Waals surface area contributed by atoms with Crippen LogP contribution < -0.4 is 11.3 Å². The molecule has 17 heavy (non-hydrogen) atoms. The molecule has 88 valence electrons. The van der Waals surface area contributed by atoms with Crippen LogP contribution in [0.5, 0.6) is 0 Å². The lowest BCUT2D eigenvalue weighted by molar-refractivity contribution is 0.621. The molecule has 0 aromatic carbocycles. The van der Waals surface area contributed by atoms with Gasteiger partial charge in [0.2, 0.25) is 0 Å². The third-order valence-electron chi connectivity index (χ3n) is 2.47. The zero-order valence-electron chi connectivity index (χ0n) is 9.84. The van der Waals surface area contributed by atoms with Gasteiger partial charge in [-0.05, 0) is 31.5 Å². The van der Waals surface area contributed by atoms with Crippen LogP contribution in [0.4, 0.5) is 5.69 Å². The standard InChI is InChI=1S/C12H14N4O/c1-3-16-12(17)10(13)5-11(15-16)9-4-8(2)6-14-7-9/h4-7H,3,13H2,1-2H3. The molecule has 5 heteroatoms. The molecule has 5 nitrogen and oxygen atoms in total. The van der Waals surface area contributed by atoms with Gasteiger partial charge in [-0.1, -0.05) is 0 Å². The summed E-state index contributed by atoms with van der Waals surface area (Å²) < 4.78 is 1.35. The molecule has 0 radical (unpaired) electrons. The number of pyridine rings is 1. The Labute approximate surface area is 98.9 Å². The van der Waals surface area contributed by atoms with Gasteiger partial charge in [-0.25, -0.2) is 4.68 Å². The van der Waals surface area contributed by atoms with Gasteiger partial charge in [0, 0.05) is 24.5 Å². The SMILES string of the molecule is CCn1nc(-c2cncc(C)c2)cc(N)c1=O. The molecule has 0 aliphatic carbocycles. The first-order valence-corrected chi connectivity index (χ1v) is 5.41. The molecular formula is C12H14N4O. The highest BCUT2D eigenvalue weighted by Gasteiger charge is 2.06. The minimum absolute atomic E-state index is 0.207. The van der Waals surface area contributed by atoms with Crippen molar-refractivity contribution in [3.63, 3.8) is 0 Å². The molecule has 0 bridgehead atoms. The van der Waals surface area contributed by atoms with E-state index in [9.17, 15) is 4.79 Å². The van der Waals surface area contributed by atoms with Crippen LogP contribution >= 0.6 is 0 Å². The van der Waals surface area contributed by atoms with Gasteiger partial charge in [0.1, 0.15) is 5.69 Å². The summed E-state index contributed by atoms with van der Waals surface area (Å²) in [6, 6.07) is 3.55. The highest BCUT2D eigenvalue weighted by Crippen LogP contribution is 2.16. The number of aryl methyl sites for hydroxylation is 2. The lowest BCUT2D eigenvalue weighted by Gasteiger charge is -2.06. The van der Waals surface area contributed by atoms with Crippen LogP contribution in [0.3, 0.4) is 0 Å². The Morgan fingerprint density at radius 1 is 1.35 bits per heavy atom. The maximum Gasteiger partial charge on any atom is 0.289 e. The predicted molar refractivity (Wildman–Crippen MR) is 66.6 cm³/mol. The molecule has 0 saturated heterocycles. The number of nitrogens with zero attached hydrogens (tertiary/aromatic N) is 3. The molecule has 0 fully saturated rings. The maximum absolute atomic E-state index is 11.6. The second kappa shape index (κ2) is 4.37. The van der Waals surface area contributed by atoms with E-state index in [-0.39, 0.29) is 11.2 Å². The van der Waals surface area contributed by atoms with Gasteiger partial charge in [0.05, 0.1) is 5.69 Å². The Morgan fingerprint density at radius 2 is 2.12 bits per heavy atom. The van der Waals surface area contributed by atoms with Gasteiger partial charge >= 0.3 is 0 Å². The van der Waals surface area contributed by atoms with Crippen molar-refractivity contribution >= 4 is 5.69 Å². The monoisotopic (exact) mass is 230 g/mol. The van der Waals surface area contributed by atoms with E-state index >= 15 is 0 Å². The quantitative estimate of drug-likeness (QED) is 0.841. The topological polar surface area (TPSA) is 73.8 Å². The third-order valence-corrected chi connectivity index (χ3v) is 2.47. The largest absolute Gasteiger partial charge is 0.394 e. The first-order chi connectivity index (χ1) is 8.11. The van der Waals surface area contributed by atoms with Crippen molar-refractivity contribution in [1.29, 1.82) is 0 Å². The van der Waals surface area contributed by atoms with Gasteiger partial charge < -0.3 is 5.73 Å². The number of hydrogen-bond acceptors (Lipinski definition) is 4. The van der Waals surface area contributed by atoms with Crippen molar-refractivity contribution in [3.05, 3.63) is 40.4 Å². The summed E-state index contributed by atoms with van der Waals surface area (Å²) in [5, 5.41) is 4.25. The Balaban J connectivity index is 2.61. The zero-order chi connectivity index (χ0) is 12.4. The summed E-state index contributed by atoms with van der Waals surface area (Å²) in [5.74, 6) is 0. The number of aromatic nitrogens is 3. The number of anilines is 1. The summed E-state index contributed by atoms with van der Waals surface area (Å²) in [6.45, 7) is 4.30. The second-order valence-corrected chi connectivity index (χ2v) is 3.86. The third kappa shape index (κ3) is 2.18. The van der Waals surface area contributed by atoms with Gasteiger partial charge in [-0.3, -0.25) is 9.78 Å².